The number of rotatable bonds is 8. The average molecular weight is 258 g/mol. The van der Waals surface area contributed by atoms with Gasteiger partial charge in [-0.1, -0.05) is 11.6 Å². The van der Waals surface area contributed by atoms with Gasteiger partial charge in [0.1, 0.15) is 0 Å². The number of carbonyl (C=O) groups excluding carboxylic acids is 1. The molecule has 0 amide bonds. The fourth-order valence-electron chi connectivity index (χ4n) is 1.35. The molecule has 0 saturated carbocycles. The van der Waals surface area contributed by atoms with E-state index in [1.807, 2.05) is 19.9 Å². The topological polar surface area (TPSA) is 127 Å². The summed E-state index contributed by atoms with van der Waals surface area (Å²) < 4.78 is 0. The van der Waals surface area contributed by atoms with Gasteiger partial charge in [0.15, 0.2) is 5.78 Å². The molecule has 3 atom stereocenters. The zero-order chi connectivity index (χ0) is 14.3. The number of carboxylic acids is 1. The van der Waals surface area contributed by atoms with Crippen LogP contribution in [0, 0.1) is 0 Å². The summed E-state index contributed by atoms with van der Waals surface area (Å²) in [6.07, 6.45) is 0.819. The normalized spacial score (nSPS) is 15.6. The Balaban J connectivity index is 4.21. The zero-order valence-electron chi connectivity index (χ0n) is 10.8. The van der Waals surface area contributed by atoms with Crippen LogP contribution in [-0.4, -0.2) is 40.2 Å². The van der Waals surface area contributed by atoms with Gasteiger partial charge in [-0.2, -0.15) is 0 Å². The van der Waals surface area contributed by atoms with E-state index >= 15 is 0 Å². The molecule has 0 aliphatic carbocycles. The molecule has 6 heteroatoms. The first-order chi connectivity index (χ1) is 8.23. The molecule has 0 aromatic carbocycles. The van der Waals surface area contributed by atoms with E-state index in [1.165, 1.54) is 0 Å². The molecule has 0 rings (SSSR count). The van der Waals surface area contributed by atoms with E-state index in [1.54, 1.807) is 0 Å². The van der Waals surface area contributed by atoms with E-state index in [-0.39, 0.29) is 6.42 Å². The van der Waals surface area contributed by atoms with Gasteiger partial charge in [0.05, 0.1) is 18.6 Å². The first-order valence-electron chi connectivity index (χ1n) is 5.81. The molecule has 0 aliphatic heterocycles. The number of carbonyl (C=O) groups is 2. The summed E-state index contributed by atoms with van der Waals surface area (Å²) in [6.45, 7) is 3.79. The van der Waals surface area contributed by atoms with Crippen molar-refractivity contribution in [3.8, 4) is 0 Å². The summed E-state index contributed by atoms with van der Waals surface area (Å²) in [6, 6.07) is -1.79. The van der Waals surface area contributed by atoms with Crippen LogP contribution in [0.25, 0.3) is 0 Å². The number of ketones is 1. The van der Waals surface area contributed by atoms with E-state index in [4.69, 9.17) is 16.6 Å². The number of Topliss-reactive ketones (excluding diaryl/α,β-unsaturated/α-hetero) is 1. The highest BCUT2D eigenvalue weighted by Gasteiger charge is 2.22. The number of aliphatic hydroxyl groups excluding tert-OH is 1. The van der Waals surface area contributed by atoms with Crippen molar-refractivity contribution in [1.29, 1.82) is 0 Å². The van der Waals surface area contributed by atoms with Crippen molar-refractivity contribution in [2.24, 2.45) is 11.5 Å². The van der Waals surface area contributed by atoms with E-state index in [0.29, 0.717) is 6.42 Å². The van der Waals surface area contributed by atoms with Crippen LogP contribution in [0.15, 0.2) is 11.6 Å². The maximum Gasteiger partial charge on any atom is 0.305 e. The van der Waals surface area contributed by atoms with Crippen LogP contribution in [0.4, 0.5) is 0 Å². The Morgan fingerprint density at radius 1 is 1.22 bits per heavy atom. The smallest absolute Gasteiger partial charge is 0.305 e. The number of allylic oxidation sites excluding steroid dienone is 1. The monoisotopic (exact) mass is 258 g/mol. The first kappa shape index (κ1) is 16.8. The molecule has 0 aromatic heterocycles. The van der Waals surface area contributed by atoms with Crippen LogP contribution in [0.5, 0.6) is 0 Å². The van der Waals surface area contributed by atoms with Crippen LogP contribution >= 0.6 is 0 Å². The highest BCUT2D eigenvalue weighted by Crippen LogP contribution is 2.07. The van der Waals surface area contributed by atoms with Crippen LogP contribution < -0.4 is 11.5 Å². The molecule has 0 bridgehead atoms. The predicted octanol–water partition coefficient (Wildman–Crippen LogP) is -0.208. The Bertz CT molecular complexity index is 324. The molecule has 0 heterocycles. The minimum Gasteiger partial charge on any atom is -0.481 e. The fourth-order valence-corrected chi connectivity index (χ4v) is 1.35. The molecule has 0 aliphatic rings. The summed E-state index contributed by atoms with van der Waals surface area (Å²) in [5.74, 6) is -1.57. The van der Waals surface area contributed by atoms with Gasteiger partial charge in [-0.05, 0) is 20.3 Å². The van der Waals surface area contributed by atoms with Gasteiger partial charge < -0.3 is 21.7 Å². The number of carboxylic acid groups (broad SMARTS) is 1. The Kier molecular flexibility index (Phi) is 7.42. The molecule has 18 heavy (non-hydrogen) atoms. The zero-order valence-corrected chi connectivity index (χ0v) is 10.8. The molecular formula is C12H22N2O4. The van der Waals surface area contributed by atoms with Crippen molar-refractivity contribution in [1.82, 2.24) is 0 Å². The van der Waals surface area contributed by atoms with Crippen molar-refractivity contribution < 1.29 is 19.8 Å². The first-order valence-corrected chi connectivity index (χ1v) is 5.81. The number of hydrogen-bond acceptors (Lipinski definition) is 5. The third-order valence-electron chi connectivity index (χ3n) is 2.51. The second-order valence-corrected chi connectivity index (χ2v) is 4.62. The minimum atomic E-state index is -1.13. The third-order valence-corrected chi connectivity index (χ3v) is 2.51. The fraction of sp³-hybridized carbons (Fsp3) is 0.667. The van der Waals surface area contributed by atoms with Gasteiger partial charge in [-0.25, -0.2) is 0 Å². The van der Waals surface area contributed by atoms with E-state index < -0.39 is 36.4 Å². The third kappa shape index (κ3) is 7.16. The van der Waals surface area contributed by atoms with Crippen LogP contribution in [0.3, 0.4) is 0 Å². The molecule has 0 radical (unpaired) electrons. The molecule has 0 fully saturated rings. The second-order valence-electron chi connectivity index (χ2n) is 4.62. The molecule has 6 nitrogen and oxygen atoms in total. The summed E-state index contributed by atoms with van der Waals surface area (Å²) in [4.78, 5) is 21.9. The molecule has 0 aromatic rings. The lowest BCUT2D eigenvalue weighted by atomic mass is 9.98. The lowest BCUT2D eigenvalue weighted by molar-refractivity contribution is -0.139. The molecular weight excluding hydrogens is 236 g/mol. The second kappa shape index (κ2) is 7.97. The number of hydrogen-bond donors (Lipinski definition) is 4. The summed E-state index contributed by atoms with van der Waals surface area (Å²) in [5.41, 5.74) is 12.1. The number of aliphatic hydroxyl groups is 1. The molecule has 2 unspecified atom stereocenters. The SMILES string of the molecule is CC(C)=CCC(O)C(N)CC(=O)[C@@H](N)CC(=O)O. The van der Waals surface area contributed by atoms with Gasteiger partial charge in [0, 0.05) is 12.5 Å². The van der Waals surface area contributed by atoms with Crippen molar-refractivity contribution in [3.63, 3.8) is 0 Å². The Morgan fingerprint density at radius 2 is 1.78 bits per heavy atom. The van der Waals surface area contributed by atoms with E-state index in [0.717, 1.165) is 5.57 Å². The summed E-state index contributed by atoms with van der Waals surface area (Å²) in [5, 5.41) is 18.2. The predicted molar refractivity (Wildman–Crippen MR) is 67.9 cm³/mol. The van der Waals surface area contributed by atoms with Gasteiger partial charge in [0.25, 0.3) is 0 Å². The summed E-state index contributed by atoms with van der Waals surface area (Å²) >= 11 is 0. The Hall–Kier alpha value is -1.24. The Morgan fingerprint density at radius 3 is 2.22 bits per heavy atom. The van der Waals surface area contributed by atoms with Crippen LogP contribution in [0.1, 0.15) is 33.1 Å². The molecule has 104 valence electrons. The maximum atomic E-state index is 11.5. The number of aliphatic carboxylic acids is 1. The maximum absolute atomic E-state index is 11.5. The van der Waals surface area contributed by atoms with Crippen molar-refractivity contribution in [2.45, 2.75) is 51.3 Å². The molecule has 0 saturated heterocycles. The van der Waals surface area contributed by atoms with Gasteiger partial charge in [-0.3, -0.25) is 9.59 Å². The molecule has 6 N–H and O–H groups in total. The highest BCUT2D eigenvalue weighted by atomic mass is 16.4. The minimum absolute atomic E-state index is 0.119. The van der Waals surface area contributed by atoms with Crippen molar-refractivity contribution >= 4 is 11.8 Å². The Labute approximate surface area is 107 Å². The van der Waals surface area contributed by atoms with Gasteiger partial charge >= 0.3 is 5.97 Å². The average Bonchev–Trinajstić information content (AvgIpc) is 2.24. The highest BCUT2D eigenvalue weighted by molar-refractivity contribution is 5.88. The van der Waals surface area contributed by atoms with Crippen molar-refractivity contribution in [2.75, 3.05) is 0 Å². The van der Waals surface area contributed by atoms with E-state index in [2.05, 4.69) is 0 Å². The molecule has 0 spiro atoms. The van der Waals surface area contributed by atoms with Gasteiger partial charge in [0.2, 0.25) is 0 Å². The van der Waals surface area contributed by atoms with Gasteiger partial charge in [-0.15, -0.1) is 0 Å². The number of nitrogens with two attached hydrogens (primary N) is 2. The summed E-state index contributed by atoms with van der Waals surface area (Å²) in [7, 11) is 0. The largest absolute Gasteiger partial charge is 0.481 e. The lowest BCUT2D eigenvalue weighted by Crippen LogP contribution is -2.41. The lowest BCUT2D eigenvalue weighted by Gasteiger charge is -2.18. The van der Waals surface area contributed by atoms with E-state index in [9.17, 15) is 14.7 Å². The van der Waals surface area contributed by atoms with Crippen molar-refractivity contribution in [3.05, 3.63) is 11.6 Å². The standard InChI is InChI=1S/C12H22N2O4/c1-7(2)3-4-10(15)8(13)5-11(16)9(14)6-12(17)18/h3,8-10,15H,4-6,13-14H2,1-2H3,(H,17,18)/t8?,9-,10?/m0/s1. The quantitative estimate of drug-likeness (QED) is 0.446. The van der Waals surface area contributed by atoms with Crippen LogP contribution in [0.2, 0.25) is 0 Å². The van der Waals surface area contributed by atoms with Crippen LogP contribution in [-0.2, 0) is 9.59 Å².